The normalized spacial score (nSPS) is 9.95. The molecule has 0 unspecified atom stereocenters. The zero-order valence-corrected chi connectivity index (χ0v) is 10.6. The molecule has 1 N–H and O–H groups in total. The number of aryl methyl sites for hydroxylation is 1. The van der Waals surface area contributed by atoms with Crippen LogP contribution in [-0.4, -0.2) is 16.7 Å². The van der Waals surface area contributed by atoms with Gasteiger partial charge < -0.3 is 5.32 Å². The number of rotatable bonds is 4. The monoisotopic (exact) mass is 254 g/mol. The summed E-state index contributed by atoms with van der Waals surface area (Å²) in [5.41, 5.74) is 1.35. The third-order valence-electron chi connectivity index (χ3n) is 2.57. The smallest absolute Gasteiger partial charge is 0.233 e. The van der Waals surface area contributed by atoms with Crippen LogP contribution in [0.1, 0.15) is 22.5 Å². The molecule has 2 rings (SSSR count). The van der Waals surface area contributed by atoms with E-state index in [-0.39, 0.29) is 18.1 Å². The van der Waals surface area contributed by atoms with E-state index >= 15 is 0 Å². The van der Waals surface area contributed by atoms with Crippen LogP contribution in [0.25, 0.3) is 0 Å². The van der Waals surface area contributed by atoms with Crippen molar-refractivity contribution in [1.29, 1.82) is 0 Å². The van der Waals surface area contributed by atoms with Gasteiger partial charge in [-0.1, -0.05) is 36.4 Å². The average molecular weight is 254 g/mol. The van der Waals surface area contributed by atoms with Crippen LogP contribution in [0.3, 0.4) is 0 Å². The van der Waals surface area contributed by atoms with Gasteiger partial charge in [-0.2, -0.15) is 0 Å². The van der Waals surface area contributed by atoms with E-state index < -0.39 is 0 Å². The summed E-state index contributed by atoms with van der Waals surface area (Å²) in [5.74, 6) is -0.0939. The number of nitrogens with zero attached hydrogens (tertiary/aromatic N) is 1. The minimum absolute atomic E-state index is 0.181. The summed E-state index contributed by atoms with van der Waals surface area (Å²) in [6.07, 6.45) is -0.181. The molecule has 1 amide bonds. The largest absolute Gasteiger partial charge is 0.310 e. The second-order valence-electron chi connectivity index (χ2n) is 4.18. The highest BCUT2D eigenvalue weighted by Crippen LogP contribution is 2.07. The molecule has 2 aromatic rings. The molecule has 0 spiro atoms. The van der Waals surface area contributed by atoms with E-state index in [4.69, 9.17) is 0 Å². The Morgan fingerprint density at radius 3 is 2.47 bits per heavy atom. The first-order valence-corrected chi connectivity index (χ1v) is 5.97. The summed E-state index contributed by atoms with van der Waals surface area (Å²) in [6, 6.07) is 14.1. The van der Waals surface area contributed by atoms with Crippen molar-refractivity contribution in [2.24, 2.45) is 0 Å². The SMILES string of the molecule is Cc1cccc(NC(=O)CC(=O)c2ccccc2)n1. The van der Waals surface area contributed by atoms with Gasteiger partial charge in [-0.3, -0.25) is 9.59 Å². The molecule has 0 aliphatic carbocycles. The summed E-state index contributed by atoms with van der Waals surface area (Å²) in [4.78, 5) is 27.7. The second kappa shape index (κ2) is 5.91. The first kappa shape index (κ1) is 13.0. The maximum absolute atomic E-state index is 11.8. The lowest BCUT2D eigenvalue weighted by molar-refractivity contribution is -0.115. The molecule has 0 fully saturated rings. The molecule has 0 saturated carbocycles. The number of Topliss-reactive ketones (excluding diaryl/α,β-unsaturated/α-hetero) is 1. The van der Waals surface area contributed by atoms with E-state index in [0.29, 0.717) is 11.4 Å². The Bertz CT molecular complexity index is 594. The van der Waals surface area contributed by atoms with Gasteiger partial charge in [0.25, 0.3) is 0 Å². The van der Waals surface area contributed by atoms with Crippen LogP contribution in [-0.2, 0) is 4.79 Å². The first-order chi connectivity index (χ1) is 9.15. The van der Waals surface area contributed by atoms with Crippen LogP contribution >= 0.6 is 0 Å². The van der Waals surface area contributed by atoms with E-state index in [2.05, 4.69) is 10.3 Å². The molecule has 0 aliphatic rings. The van der Waals surface area contributed by atoms with Crippen LogP contribution in [0.4, 0.5) is 5.82 Å². The average Bonchev–Trinajstić information content (AvgIpc) is 2.39. The fourth-order valence-electron chi connectivity index (χ4n) is 1.67. The summed E-state index contributed by atoms with van der Waals surface area (Å²) in [5, 5.41) is 2.61. The van der Waals surface area contributed by atoms with Crippen molar-refractivity contribution in [3.8, 4) is 0 Å². The van der Waals surface area contributed by atoms with Gasteiger partial charge in [-0.15, -0.1) is 0 Å². The minimum Gasteiger partial charge on any atom is -0.310 e. The lowest BCUT2D eigenvalue weighted by atomic mass is 10.1. The van der Waals surface area contributed by atoms with Crippen molar-refractivity contribution in [2.45, 2.75) is 13.3 Å². The van der Waals surface area contributed by atoms with E-state index in [0.717, 1.165) is 5.69 Å². The number of benzene rings is 1. The summed E-state index contributed by atoms with van der Waals surface area (Å²) in [7, 11) is 0. The van der Waals surface area contributed by atoms with Gasteiger partial charge in [-0.05, 0) is 19.1 Å². The molecular weight excluding hydrogens is 240 g/mol. The first-order valence-electron chi connectivity index (χ1n) is 5.97. The van der Waals surface area contributed by atoms with Crippen molar-refractivity contribution >= 4 is 17.5 Å². The minimum atomic E-state index is -0.355. The van der Waals surface area contributed by atoms with Crippen molar-refractivity contribution in [3.05, 3.63) is 59.8 Å². The third kappa shape index (κ3) is 3.74. The lowest BCUT2D eigenvalue weighted by Gasteiger charge is -2.04. The number of ketones is 1. The molecular formula is C15H14N2O2. The fourth-order valence-corrected chi connectivity index (χ4v) is 1.67. The van der Waals surface area contributed by atoms with E-state index in [9.17, 15) is 9.59 Å². The Balaban J connectivity index is 1.97. The highest BCUT2D eigenvalue weighted by Gasteiger charge is 2.11. The third-order valence-corrected chi connectivity index (χ3v) is 2.57. The van der Waals surface area contributed by atoms with Crippen molar-refractivity contribution in [2.75, 3.05) is 5.32 Å². The molecule has 19 heavy (non-hydrogen) atoms. The van der Waals surface area contributed by atoms with Gasteiger partial charge in [0.2, 0.25) is 5.91 Å². The van der Waals surface area contributed by atoms with Gasteiger partial charge in [0, 0.05) is 11.3 Å². The quantitative estimate of drug-likeness (QED) is 0.674. The van der Waals surface area contributed by atoms with Crippen LogP contribution in [0.5, 0.6) is 0 Å². The molecule has 1 heterocycles. The van der Waals surface area contributed by atoms with Crippen molar-refractivity contribution < 1.29 is 9.59 Å². The van der Waals surface area contributed by atoms with E-state index in [1.807, 2.05) is 19.1 Å². The van der Waals surface area contributed by atoms with E-state index in [1.54, 1.807) is 36.4 Å². The van der Waals surface area contributed by atoms with E-state index in [1.165, 1.54) is 0 Å². The second-order valence-corrected chi connectivity index (χ2v) is 4.18. The zero-order valence-electron chi connectivity index (χ0n) is 10.6. The molecule has 0 saturated heterocycles. The number of carbonyl (C=O) groups is 2. The Morgan fingerprint density at radius 2 is 1.79 bits per heavy atom. The van der Waals surface area contributed by atoms with Gasteiger partial charge in [-0.25, -0.2) is 4.98 Å². The number of aromatic nitrogens is 1. The van der Waals surface area contributed by atoms with Crippen LogP contribution < -0.4 is 5.32 Å². The number of hydrogen-bond donors (Lipinski definition) is 1. The number of anilines is 1. The molecule has 96 valence electrons. The molecule has 0 atom stereocenters. The Labute approximate surface area is 111 Å². The molecule has 1 aromatic heterocycles. The fraction of sp³-hybridized carbons (Fsp3) is 0.133. The summed E-state index contributed by atoms with van der Waals surface area (Å²) < 4.78 is 0. The topological polar surface area (TPSA) is 59.1 Å². The predicted molar refractivity (Wildman–Crippen MR) is 73.0 cm³/mol. The lowest BCUT2D eigenvalue weighted by Crippen LogP contribution is -2.17. The zero-order chi connectivity index (χ0) is 13.7. The summed E-state index contributed by atoms with van der Waals surface area (Å²) >= 11 is 0. The highest BCUT2D eigenvalue weighted by molar-refractivity contribution is 6.10. The van der Waals surface area contributed by atoms with Gasteiger partial charge in [0.15, 0.2) is 5.78 Å². The van der Waals surface area contributed by atoms with Gasteiger partial charge in [0.05, 0.1) is 6.42 Å². The standard InChI is InChI=1S/C15H14N2O2/c1-11-6-5-9-14(16-11)17-15(19)10-13(18)12-7-3-2-4-8-12/h2-9H,10H2,1H3,(H,16,17,19). The molecule has 0 aliphatic heterocycles. The molecule has 0 bridgehead atoms. The maximum Gasteiger partial charge on any atom is 0.233 e. The molecule has 4 heteroatoms. The Hall–Kier alpha value is -2.49. The number of amides is 1. The number of nitrogens with one attached hydrogen (secondary N) is 1. The maximum atomic E-state index is 11.8. The molecule has 0 radical (unpaired) electrons. The highest BCUT2D eigenvalue weighted by atomic mass is 16.2. The number of hydrogen-bond acceptors (Lipinski definition) is 3. The Morgan fingerprint density at radius 1 is 1.05 bits per heavy atom. The van der Waals surface area contributed by atoms with Crippen LogP contribution in [0.2, 0.25) is 0 Å². The van der Waals surface area contributed by atoms with Gasteiger partial charge in [0.1, 0.15) is 5.82 Å². The summed E-state index contributed by atoms with van der Waals surface area (Å²) in [6.45, 7) is 1.84. The number of carbonyl (C=O) groups excluding carboxylic acids is 2. The van der Waals surface area contributed by atoms with Crippen LogP contribution in [0.15, 0.2) is 48.5 Å². The van der Waals surface area contributed by atoms with Gasteiger partial charge >= 0.3 is 0 Å². The van der Waals surface area contributed by atoms with Crippen LogP contribution in [0, 0.1) is 6.92 Å². The predicted octanol–water partition coefficient (Wildman–Crippen LogP) is 2.60. The van der Waals surface area contributed by atoms with Crippen molar-refractivity contribution in [3.63, 3.8) is 0 Å². The molecule has 4 nitrogen and oxygen atoms in total. The Kier molecular flexibility index (Phi) is 4.03. The number of pyridine rings is 1. The van der Waals surface area contributed by atoms with Crippen molar-refractivity contribution in [1.82, 2.24) is 4.98 Å². The molecule has 1 aromatic carbocycles.